The van der Waals surface area contributed by atoms with E-state index in [-0.39, 0.29) is 29.8 Å². The third-order valence-corrected chi connectivity index (χ3v) is 7.74. The van der Waals surface area contributed by atoms with Crippen LogP contribution in [0.1, 0.15) is 74.1 Å². The Kier molecular flexibility index (Phi) is 12.1. The molecular formula is C30H50N6O6. The number of likely N-dealkylation sites (tertiary alicyclic amines) is 2. The number of hydrogen-bond acceptors (Lipinski definition) is 6. The number of hydrogen-bond donors (Lipinski definition) is 4. The molecule has 0 unspecified atom stereocenters. The van der Waals surface area contributed by atoms with Gasteiger partial charge in [0.2, 0.25) is 23.5 Å². The highest BCUT2D eigenvalue weighted by Crippen LogP contribution is 2.29. The highest BCUT2D eigenvalue weighted by Gasteiger charge is 2.44. The van der Waals surface area contributed by atoms with E-state index in [1.807, 2.05) is 48.5 Å². The van der Waals surface area contributed by atoms with E-state index in [4.69, 9.17) is 0 Å². The van der Waals surface area contributed by atoms with Crippen molar-refractivity contribution >= 4 is 35.4 Å². The highest BCUT2D eigenvalue weighted by atomic mass is 16.2. The molecule has 0 aliphatic carbocycles. The van der Waals surface area contributed by atoms with Crippen molar-refractivity contribution in [3.63, 3.8) is 0 Å². The number of urea groups is 1. The molecular weight excluding hydrogens is 540 g/mol. The fourth-order valence-electron chi connectivity index (χ4n) is 5.12. The lowest BCUT2D eigenvalue weighted by molar-refractivity contribution is -0.142. The maximum atomic E-state index is 13.9. The molecule has 6 amide bonds. The Morgan fingerprint density at radius 3 is 2.24 bits per heavy atom. The first-order valence-corrected chi connectivity index (χ1v) is 14.8. The number of piperidine rings is 1. The monoisotopic (exact) mass is 590 g/mol. The second-order valence-corrected chi connectivity index (χ2v) is 13.6. The molecule has 0 aromatic rings. The quantitative estimate of drug-likeness (QED) is 0.210. The molecule has 2 aliphatic rings. The molecule has 12 heteroatoms. The number of rotatable bonds is 11. The van der Waals surface area contributed by atoms with E-state index in [0.29, 0.717) is 32.5 Å². The van der Waals surface area contributed by atoms with Crippen LogP contribution in [0, 0.1) is 16.7 Å². The van der Waals surface area contributed by atoms with Crippen molar-refractivity contribution in [3.05, 3.63) is 12.7 Å². The zero-order valence-corrected chi connectivity index (χ0v) is 26.3. The van der Waals surface area contributed by atoms with E-state index in [1.54, 1.807) is 4.90 Å². The summed E-state index contributed by atoms with van der Waals surface area (Å²) in [7, 11) is 0. The van der Waals surface area contributed by atoms with Crippen LogP contribution in [0.25, 0.3) is 0 Å². The first-order valence-electron chi connectivity index (χ1n) is 14.8. The molecule has 0 bridgehead atoms. The number of Topliss-reactive ketones (excluding diaryl/α,β-unsaturated/α-hetero) is 1. The van der Waals surface area contributed by atoms with Crippen LogP contribution in [0.15, 0.2) is 12.7 Å². The molecule has 4 atom stereocenters. The zero-order valence-electron chi connectivity index (χ0n) is 26.3. The van der Waals surface area contributed by atoms with Gasteiger partial charge in [0.05, 0.1) is 12.6 Å². The summed E-state index contributed by atoms with van der Waals surface area (Å²) in [6.07, 6.45) is 4.12. The largest absolute Gasteiger partial charge is 0.347 e. The summed E-state index contributed by atoms with van der Waals surface area (Å²) in [5.41, 5.74) is -1.05. The van der Waals surface area contributed by atoms with E-state index in [9.17, 15) is 28.8 Å². The average molecular weight is 591 g/mol. The molecule has 12 nitrogen and oxygen atoms in total. The fourth-order valence-corrected chi connectivity index (χ4v) is 5.12. The molecule has 2 rings (SSSR count). The Morgan fingerprint density at radius 1 is 1.00 bits per heavy atom. The van der Waals surface area contributed by atoms with Crippen molar-refractivity contribution in [2.45, 2.75) is 92.3 Å². The summed E-state index contributed by atoms with van der Waals surface area (Å²) in [4.78, 5) is 79.9. The molecule has 0 saturated carbocycles. The summed E-state index contributed by atoms with van der Waals surface area (Å²) >= 11 is 0. The van der Waals surface area contributed by atoms with Crippen molar-refractivity contribution in [1.82, 2.24) is 31.1 Å². The first-order chi connectivity index (χ1) is 19.4. The van der Waals surface area contributed by atoms with Gasteiger partial charge in [-0.1, -0.05) is 54.5 Å². The Hall–Kier alpha value is -3.44. The van der Waals surface area contributed by atoms with Gasteiger partial charge in [-0.2, -0.15) is 0 Å². The third kappa shape index (κ3) is 9.84. The number of amides is 6. The fraction of sp³-hybridized carbons (Fsp3) is 0.733. The maximum absolute atomic E-state index is 13.9. The topological polar surface area (TPSA) is 157 Å². The minimum Gasteiger partial charge on any atom is -0.347 e. The van der Waals surface area contributed by atoms with Crippen LogP contribution in [0.4, 0.5) is 4.79 Å². The molecule has 42 heavy (non-hydrogen) atoms. The van der Waals surface area contributed by atoms with Crippen molar-refractivity contribution < 1.29 is 28.8 Å². The third-order valence-electron chi connectivity index (χ3n) is 7.74. The number of carbonyl (C=O) groups is 6. The minimum absolute atomic E-state index is 0.0121. The first kappa shape index (κ1) is 34.8. The second-order valence-electron chi connectivity index (χ2n) is 13.6. The van der Waals surface area contributed by atoms with Crippen LogP contribution < -0.4 is 21.3 Å². The van der Waals surface area contributed by atoms with Crippen LogP contribution in [0.5, 0.6) is 0 Å². The van der Waals surface area contributed by atoms with Crippen molar-refractivity contribution in [1.29, 1.82) is 0 Å². The minimum atomic E-state index is -0.957. The van der Waals surface area contributed by atoms with Gasteiger partial charge in [-0.25, -0.2) is 4.79 Å². The summed E-state index contributed by atoms with van der Waals surface area (Å²) in [5.74, 6) is -2.49. The number of ketones is 1. The Morgan fingerprint density at radius 2 is 1.67 bits per heavy atom. The second kappa shape index (κ2) is 14.6. The lowest BCUT2D eigenvalue weighted by Crippen LogP contribution is -2.61. The van der Waals surface area contributed by atoms with Gasteiger partial charge in [0.1, 0.15) is 12.1 Å². The molecule has 2 aliphatic heterocycles. The van der Waals surface area contributed by atoms with Crippen molar-refractivity contribution in [2.24, 2.45) is 16.7 Å². The predicted molar refractivity (Wildman–Crippen MR) is 159 cm³/mol. The van der Waals surface area contributed by atoms with Crippen LogP contribution in [0.3, 0.4) is 0 Å². The van der Waals surface area contributed by atoms with E-state index in [1.165, 1.54) is 11.0 Å². The van der Waals surface area contributed by atoms with Crippen LogP contribution in [-0.2, 0) is 24.0 Å². The average Bonchev–Trinajstić information content (AvgIpc) is 3.29. The summed E-state index contributed by atoms with van der Waals surface area (Å²) in [6.45, 7) is 17.8. The highest BCUT2D eigenvalue weighted by molar-refractivity contribution is 6.37. The number of carbonyl (C=O) groups excluding carboxylic acids is 6. The lowest BCUT2D eigenvalue weighted by Gasteiger charge is -2.39. The van der Waals surface area contributed by atoms with E-state index in [0.717, 1.165) is 12.8 Å². The molecule has 0 aromatic carbocycles. The smallest absolute Gasteiger partial charge is 0.315 e. The van der Waals surface area contributed by atoms with Crippen LogP contribution in [-0.4, -0.2) is 96.1 Å². The maximum Gasteiger partial charge on any atom is 0.315 e. The molecule has 4 N–H and O–H groups in total. The van der Waals surface area contributed by atoms with Gasteiger partial charge in [0.25, 0.3) is 5.91 Å². The van der Waals surface area contributed by atoms with E-state index < -0.39 is 53.6 Å². The van der Waals surface area contributed by atoms with Gasteiger partial charge < -0.3 is 31.1 Å². The molecule has 0 spiro atoms. The van der Waals surface area contributed by atoms with Gasteiger partial charge in [0.15, 0.2) is 0 Å². The molecule has 2 fully saturated rings. The molecule has 0 radical (unpaired) electrons. The molecule has 2 heterocycles. The van der Waals surface area contributed by atoms with Gasteiger partial charge in [-0.3, -0.25) is 24.0 Å². The summed E-state index contributed by atoms with van der Waals surface area (Å²) in [5, 5.41) is 10.7. The Labute approximate surface area is 249 Å². The molecule has 236 valence electrons. The number of nitrogens with one attached hydrogen (secondary N) is 4. The Bertz CT molecular complexity index is 1050. The predicted octanol–water partition coefficient (Wildman–Crippen LogP) is 1.35. The van der Waals surface area contributed by atoms with Gasteiger partial charge in [0, 0.05) is 32.6 Å². The zero-order chi connectivity index (χ0) is 31.8. The number of nitrogens with zero attached hydrogens (tertiary/aromatic N) is 2. The van der Waals surface area contributed by atoms with E-state index in [2.05, 4.69) is 27.8 Å². The molecule has 2 saturated heterocycles. The van der Waals surface area contributed by atoms with Gasteiger partial charge in [-0.15, -0.1) is 6.58 Å². The van der Waals surface area contributed by atoms with Crippen LogP contribution in [0.2, 0.25) is 0 Å². The lowest BCUT2D eigenvalue weighted by atomic mass is 9.85. The SMILES string of the molecule is C=CCNC(=O)C(=O)CNC(=O)[C@@H]1C[C@@H](C)CN1C(=O)[C@@H](NC(=O)N[C@H](CN1CCCCC1=O)C(C)(C)C)C(C)(C)C. The Balaban J connectivity index is 2.13. The summed E-state index contributed by atoms with van der Waals surface area (Å²) in [6, 6.07) is -2.70. The van der Waals surface area contributed by atoms with Crippen molar-refractivity contribution in [3.8, 4) is 0 Å². The van der Waals surface area contributed by atoms with Gasteiger partial charge in [-0.05, 0) is 36.0 Å². The van der Waals surface area contributed by atoms with Crippen molar-refractivity contribution in [2.75, 3.05) is 32.7 Å². The normalized spacial score (nSPS) is 20.8. The van der Waals surface area contributed by atoms with E-state index >= 15 is 0 Å². The van der Waals surface area contributed by atoms with Crippen LogP contribution >= 0.6 is 0 Å². The summed E-state index contributed by atoms with van der Waals surface area (Å²) < 4.78 is 0. The van der Waals surface area contributed by atoms with Gasteiger partial charge >= 0.3 is 6.03 Å². The standard InChI is InChI=1S/C30H50N6O6/c1-9-13-31-26(40)21(37)16-32-25(39)20-15-19(2)17-36(20)27(41)24(30(6,7)8)34-28(42)33-22(29(3,4)5)18-35-14-11-10-12-23(35)38/h9,19-20,22,24H,1,10-18H2,2-8H3,(H,31,40)(H,32,39)(H2,33,34,42)/t19-,20+,22-,24-/m1/s1. The molecule has 0 aromatic heterocycles.